The van der Waals surface area contributed by atoms with Gasteiger partial charge in [0.25, 0.3) is 0 Å². The van der Waals surface area contributed by atoms with Crippen molar-refractivity contribution in [3.63, 3.8) is 0 Å². The Hall–Kier alpha value is -1.86. The van der Waals surface area contributed by atoms with Crippen molar-refractivity contribution >= 4 is 16.3 Å². The second-order valence-corrected chi connectivity index (χ2v) is 2.69. The van der Waals surface area contributed by atoms with Gasteiger partial charge in [-0.3, -0.25) is 10.1 Å². The van der Waals surface area contributed by atoms with Gasteiger partial charge in [0, 0.05) is 11.6 Å². The maximum atomic E-state index is 10.1. The highest BCUT2D eigenvalue weighted by Gasteiger charge is 1.95. The molecule has 0 saturated heterocycles. The quantitative estimate of drug-likeness (QED) is 0.313. The molecule has 3 nitrogen and oxygen atoms in total. The summed E-state index contributed by atoms with van der Waals surface area (Å²) in [5.41, 5.74) is 4.05. The zero-order chi connectivity index (χ0) is 10.4. The summed E-state index contributed by atoms with van der Waals surface area (Å²) in [5, 5.41) is 10.1. The van der Waals surface area contributed by atoms with Crippen LogP contribution in [-0.2, 0) is 0 Å². The molecule has 0 atom stereocenters. The van der Waals surface area contributed by atoms with Crippen LogP contribution in [-0.4, -0.2) is 15.2 Å². The molecule has 14 heavy (non-hydrogen) atoms. The molecule has 0 N–H and O–H groups in total. The van der Waals surface area contributed by atoms with E-state index in [-0.39, 0.29) is 0 Å². The van der Waals surface area contributed by atoms with Crippen molar-refractivity contribution in [1.82, 2.24) is 0 Å². The Bertz CT molecular complexity index is 429. The molecule has 0 aliphatic carbocycles. The van der Waals surface area contributed by atoms with Crippen molar-refractivity contribution in [2.45, 2.75) is 0 Å². The molecule has 0 aliphatic rings. The number of rotatable bonds is 2. The molecule has 0 bridgehead atoms. The fraction of sp³-hybridized carbons (Fsp3) is 0. The van der Waals surface area contributed by atoms with Gasteiger partial charge in [-0.15, -0.1) is 5.54 Å². The standard InChI is InChI=1S/C10H6NO2Si/c12-11(13)7-5-9-3-1-2-4-10(9)6-8-14/h1-5,7H. The molecule has 0 heterocycles. The van der Waals surface area contributed by atoms with Crippen LogP contribution in [0.3, 0.4) is 0 Å². The Kier molecular flexibility index (Phi) is 3.65. The van der Waals surface area contributed by atoms with E-state index in [1.807, 2.05) is 6.07 Å². The summed E-state index contributed by atoms with van der Waals surface area (Å²) in [4.78, 5) is 9.61. The van der Waals surface area contributed by atoms with Gasteiger partial charge in [0.1, 0.15) is 10.2 Å². The summed E-state index contributed by atoms with van der Waals surface area (Å²) in [7, 11) is 3.03. The Morgan fingerprint density at radius 2 is 2.14 bits per heavy atom. The van der Waals surface area contributed by atoms with Crippen molar-refractivity contribution in [2.24, 2.45) is 0 Å². The Balaban J connectivity index is 3.05. The van der Waals surface area contributed by atoms with Gasteiger partial charge in [0.15, 0.2) is 0 Å². The minimum absolute atomic E-state index is 0.502. The number of benzene rings is 1. The first-order chi connectivity index (χ1) is 6.74. The van der Waals surface area contributed by atoms with E-state index in [9.17, 15) is 10.1 Å². The second-order valence-electron chi connectivity index (χ2n) is 2.44. The summed E-state index contributed by atoms with van der Waals surface area (Å²) < 4.78 is 0. The van der Waals surface area contributed by atoms with Gasteiger partial charge in [-0.2, -0.15) is 0 Å². The maximum Gasteiger partial charge on any atom is 0.235 e. The van der Waals surface area contributed by atoms with E-state index in [4.69, 9.17) is 0 Å². The SMILES string of the molecule is O=[N+]([O-])C=Cc1ccccc1C#C[Si]. The largest absolute Gasteiger partial charge is 0.259 e. The number of hydrogen-bond donors (Lipinski definition) is 0. The third kappa shape index (κ3) is 2.88. The van der Waals surface area contributed by atoms with Crippen LogP contribution in [0.5, 0.6) is 0 Å². The molecule has 3 radical (unpaired) electrons. The number of nitrogens with zero attached hydrogens (tertiary/aromatic N) is 1. The normalized spacial score (nSPS) is 9.50. The smallest absolute Gasteiger partial charge is 0.235 e. The molecule has 0 aliphatic heterocycles. The van der Waals surface area contributed by atoms with Crippen LogP contribution in [0.15, 0.2) is 30.5 Å². The van der Waals surface area contributed by atoms with Crippen LogP contribution in [0.4, 0.5) is 0 Å². The summed E-state index contributed by atoms with van der Waals surface area (Å²) >= 11 is 0. The molecule has 0 spiro atoms. The van der Waals surface area contributed by atoms with Gasteiger partial charge >= 0.3 is 0 Å². The van der Waals surface area contributed by atoms with Crippen LogP contribution < -0.4 is 0 Å². The lowest BCUT2D eigenvalue weighted by Crippen LogP contribution is -1.85. The lowest BCUT2D eigenvalue weighted by atomic mass is 10.1. The lowest BCUT2D eigenvalue weighted by Gasteiger charge is -1.95. The molecule has 1 rings (SSSR count). The first-order valence-electron chi connectivity index (χ1n) is 3.82. The third-order valence-corrected chi connectivity index (χ3v) is 1.66. The van der Waals surface area contributed by atoms with Gasteiger partial charge in [-0.05, 0) is 11.6 Å². The Labute approximate surface area is 85.0 Å². The van der Waals surface area contributed by atoms with Crippen LogP contribution >= 0.6 is 0 Å². The van der Waals surface area contributed by atoms with Crippen LogP contribution in [0.25, 0.3) is 6.08 Å². The van der Waals surface area contributed by atoms with E-state index < -0.39 is 4.92 Å². The van der Waals surface area contributed by atoms with E-state index >= 15 is 0 Å². The van der Waals surface area contributed by atoms with Crippen molar-refractivity contribution < 1.29 is 4.92 Å². The van der Waals surface area contributed by atoms with Gasteiger partial charge in [0.2, 0.25) is 6.20 Å². The van der Waals surface area contributed by atoms with Crippen LogP contribution in [0.1, 0.15) is 11.1 Å². The molecule has 1 aromatic rings. The molecule has 1 aromatic carbocycles. The van der Waals surface area contributed by atoms with Crippen molar-refractivity contribution in [3.8, 4) is 11.5 Å². The van der Waals surface area contributed by atoms with Crippen LogP contribution in [0, 0.1) is 21.6 Å². The highest BCUT2D eigenvalue weighted by Crippen LogP contribution is 2.08. The van der Waals surface area contributed by atoms with Crippen molar-refractivity contribution in [3.05, 3.63) is 51.7 Å². The second kappa shape index (κ2) is 4.99. The zero-order valence-electron chi connectivity index (χ0n) is 7.23. The molecule has 0 fully saturated rings. The van der Waals surface area contributed by atoms with E-state index in [0.29, 0.717) is 0 Å². The monoisotopic (exact) mass is 200 g/mol. The number of nitro groups is 1. The van der Waals surface area contributed by atoms with E-state index in [0.717, 1.165) is 17.3 Å². The molecule has 0 aromatic heterocycles. The first kappa shape index (κ1) is 10.2. The van der Waals surface area contributed by atoms with E-state index in [1.165, 1.54) is 6.08 Å². The summed E-state index contributed by atoms with van der Waals surface area (Å²) in [6.07, 6.45) is 2.32. The van der Waals surface area contributed by atoms with Gasteiger partial charge < -0.3 is 0 Å². The fourth-order valence-electron chi connectivity index (χ4n) is 0.965. The molecule has 67 valence electrons. The molecular formula is C10H6NO2Si. The third-order valence-electron chi connectivity index (χ3n) is 1.53. The van der Waals surface area contributed by atoms with Crippen molar-refractivity contribution in [1.29, 1.82) is 0 Å². The predicted molar refractivity (Wildman–Crippen MR) is 55.1 cm³/mol. The van der Waals surface area contributed by atoms with E-state index in [1.54, 1.807) is 18.2 Å². The average Bonchev–Trinajstić information content (AvgIpc) is 2.17. The van der Waals surface area contributed by atoms with Crippen molar-refractivity contribution in [2.75, 3.05) is 0 Å². The fourth-order valence-corrected chi connectivity index (χ4v) is 1.10. The number of hydrogen-bond acceptors (Lipinski definition) is 2. The predicted octanol–water partition coefficient (Wildman–Crippen LogP) is 1.41. The van der Waals surface area contributed by atoms with Gasteiger partial charge in [-0.25, -0.2) is 0 Å². The topological polar surface area (TPSA) is 43.1 Å². The highest BCUT2D eigenvalue weighted by atomic mass is 28.1. The Morgan fingerprint density at radius 1 is 1.43 bits per heavy atom. The molecular weight excluding hydrogens is 194 g/mol. The van der Waals surface area contributed by atoms with Crippen LogP contribution in [0.2, 0.25) is 0 Å². The molecule has 0 saturated carbocycles. The lowest BCUT2D eigenvalue weighted by molar-refractivity contribution is -0.400. The zero-order valence-corrected chi connectivity index (χ0v) is 8.23. The molecule has 0 unspecified atom stereocenters. The van der Waals surface area contributed by atoms with E-state index in [2.05, 4.69) is 21.7 Å². The average molecular weight is 200 g/mol. The first-order valence-corrected chi connectivity index (χ1v) is 4.32. The molecule has 4 heteroatoms. The maximum absolute atomic E-state index is 10.1. The minimum atomic E-state index is -0.502. The summed E-state index contributed by atoms with van der Waals surface area (Å²) in [6.45, 7) is 0. The Morgan fingerprint density at radius 3 is 2.79 bits per heavy atom. The highest BCUT2D eigenvalue weighted by molar-refractivity contribution is 6.22. The van der Waals surface area contributed by atoms with Gasteiger partial charge in [0.05, 0.1) is 4.92 Å². The minimum Gasteiger partial charge on any atom is -0.259 e. The molecule has 0 amide bonds. The summed E-state index contributed by atoms with van der Waals surface area (Å²) in [5.74, 6) is 2.79. The van der Waals surface area contributed by atoms with Gasteiger partial charge in [-0.1, -0.05) is 24.1 Å². The summed E-state index contributed by atoms with van der Waals surface area (Å²) in [6, 6.07) is 7.20.